The van der Waals surface area contributed by atoms with Crippen LogP contribution in [0.4, 0.5) is 11.4 Å². The number of nitrogens with zero attached hydrogens (tertiary/aromatic N) is 2. The minimum atomic E-state index is 0.274. The third kappa shape index (κ3) is 2.04. The van der Waals surface area contributed by atoms with Crippen LogP contribution in [0.3, 0.4) is 0 Å². The fraction of sp³-hybridized carbons (Fsp3) is 0.545. The van der Waals surface area contributed by atoms with E-state index in [9.17, 15) is 0 Å². The summed E-state index contributed by atoms with van der Waals surface area (Å²) in [4.78, 5) is 6.29. The molecule has 15 heavy (non-hydrogen) atoms. The van der Waals surface area contributed by atoms with E-state index in [0.29, 0.717) is 11.7 Å². The van der Waals surface area contributed by atoms with Crippen molar-refractivity contribution in [2.24, 2.45) is 0 Å². The molecule has 2 atom stereocenters. The highest BCUT2D eigenvalue weighted by Crippen LogP contribution is 2.24. The molecular formula is C11H17N3O. The fourth-order valence-corrected chi connectivity index (χ4v) is 2.06. The Balaban J connectivity index is 2.16. The minimum Gasteiger partial charge on any atom is -0.397 e. The van der Waals surface area contributed by atoms with E-state index in [4.69, 9.17) is 10.5 Å². The van der Waals surface area contributed by atoms with Crippen LogP contribution in [0.5, 0.6) is 0 Å². The van der Waals surface area contributed by atoms with Gasteiger partial charge in [-0.3, -0.25) is 4.98 Å². The lowest BCUT2D eigenvalue weighted by Crippen LogP contribution is -2.36. The van der Waals surface area contributed by atoms with Crippen LogP contribution in [0, 0.1) is 0 Å². The molecule has 0 saturated carbocycles. The smallest absolute Gasteiger partial charge is 0.0750 e. The summed E-state index contributed by atoms with van der Waals surface area (Å²) in [6, 6.07) is 2.37. The monoisotopic (exact) mass is 207 g/mol. The van der Waals surface area contributed by atoms with Crippen LogP contribution < -0.4 is 10.6 Å². The summed E-state index contributed by atoms with van der Waals surface area (Å²) in [5.41, 5.74) is 7.46. The summed E-state index contributed by atoms with van der Waals surface area (Å²) in [6.07, 6.45) is 4.83. The number of pyridine rings is 1. The normalized spacial score (nSPS) is 25.5. The van der Waals surface area contributed by atoms with Gasteiger partial charge in [0, 0.05) is 19.9 Å². The molecule has 82 valence electrons. The first-order valence-corrected chi connectivity index (χ1v) is 5.23. The van der Waals surface area contributed by atoms with Gasteiger partial charge in [0.15, 0.2) is 0 Å². The molecule has 4 nitrogen and oxygen atoms in total. The maximum Gasteiger partial charge on any atom is 0.0750 e. The Kier molecular flexibility index (Phi) is 2.77. The van der Waals surface area contributed by atoms with Crippen molar-refractivity contribution in [1.82, 2.24) is 4.98 Å². The molecule has 0 aliphatic carbocycles. The van der Waals surface area contributed by atoms with Crippen molar-refractivity contribution >= 4 is 11.4 Å². The summed E-state index contributed by atoms with van der Waals surface area (Å²) in [7, 11) is 2.06. The second-order valence-electron chi connectivity index (χ2n) is 4.02. The number of nitrogen functional groups attached to an aromatic ring is 1. The molecule has 1 fully saturated rings. The number of nitrogens with two attached hydrogens (primary N) is 1. The van der Waals surface area contributed by atoms with E-state index in [1.165, 1.54) is 0 Å². The standard InChI is InChI=1S/C11H17N3O/c1-8-11(3-4-15-8)14(2)10-5-9(12)6-13-7-10/h5-8,11H,3-4,12H2,1-2H3. The molecular weight excluding hydrogens is 190 g/mol. The van der Waals surface area contributed by atoms with Gasteiger partial charge in [0.25, 0.3) is 0 Å². The number of hydrogen-bond donors (Lipinski definition) is 1. The number of aromatic nitrogens is 1. The Morgan fingerprint density at radius 3 is 2.93 bits per heavy atom. The first kappa shape index (κ1) is 10.2. The molecule has 1 aliphatic heterocycles. The number of ether oxygens (including phenoxy) is 1. The lowest BCUT2D eigenvalue weighted by molar-refractivity contribution is 0.118. The molecule has 4 heteroatoms. The molecule has 2 unspecified atom stereocenters. The average Bonchev–Trinajstić information content (AvgIpc) is 2.63. The average molecular weight is 207 g/mol. The van der Waals surface area contributed by atoms with Gasteiger partial charge in [-0.2, -0.15) is 0 Å². The summed E-state index contributed by atoms with van der Waals surface area (Å²) in [6.45, 7) is 2.94. The fourth-order valence-electron chi connectivity index (χ4n) is 2.06. The third-order valence-corrected chi connectivity index (χ3v) is 2.99. The van der Waals surface area contributed by atoms with E-state index in [0.717, 1.165) is 18.7 Å². The van der Waals surface area contributed by atoms with Crippen LogP contribution in [0.2, 0.25) is 0 Å². The molecule has 2 heterocycles. The SMILES string of the molecule is CC1OCCC1N(C)c1cncc(N)c1. The van der Waals surface area contributed by atoms with Gasteiger partial charge in [0.1, 0.15) is 0 Å². The Morgan fingerprint density at radius 1 is 1.53 bits per heavy atom. The van der Waals surface area contributed by atoms with Gasteiger partial charge in [-0.05, 0) is 19.4 Å². The van der Waals surface area contributed by atoms with Crippen molar-refractivity contribution in [3.63, 3.8) is 0 Å². The minimum absolute atomic E-state index is 0.274. The molecule has 2 rings (SSSR count). The van der Waals surface area contributed by atoms with Gasteiger partial charge in [0.2, 0.25) is 0 Å². The lowest BCUT2D eigenvalue weighted by atomic mass is 10.1. The maximum atomic E-state index is 5.71. The molecule has 1 aliphatic rings. The number of rotatable bonds is 2. The zero-order chi connectivity index (χ0) is 10.8. The summed E-state index contributed by atoms with van der Waals surface area (Å²) in [5.74, 6) is 0. The van der Waals surface area contributed by atoms with Gasteiger partial charge in [-0.15, -0.1) is 0 Å². The molecule has 1 aromatic heterocycles. The van der Waals surface area contributed by atoms with Gasteiger partial charge in [-0.1, -0.05) is 0 Å². The van der Waals surface area contributed by atoms with Gasteiger partial charge in [-0.25, -0.2) is 0 Å². The van der Waals surface area contributed by atoms with E-state index in [1.54, 1.807) is 6.20 Å². The van der Waals surface area contributed by atoms with E-state index in [-0.39, 0.29) is 6.10 Å². The Morgan fingerprint density at radius 2 is 2.33 bits per heavy atom. The third-order valence-electron chi connectivity index (χ3n) is 2.99. The van der Waals surface area contributed by atoms with Crippen LogP contribution in [-0.4, -0.2) is 30.8 Å². The predicted octanol–water partition coefficient (Wildman–Crippen LogP) is 1.28. The van der Waals surface area contributed by atoms with Crippen LogP contribution in [0.25, 0.3) is 0 Å². The van der Waals surface area contributed by atoms with E-state index >= 15 is 0 Å². The Bertz CT molecular complexity index is 342. The van der Waals surface area contributed by atoms with Crippen molar-refractivity contribution < 1.29 is 4.74 Å². The van der Waals surface area contributed by atoms with Crippen LogP contribution in [-0.2, 0) is 4.74 Å². The molecule has 1 aromatic rings. The largest absolute Gasteiger partial charge is 0.397 e. The summed E-state index contributed by atoms with van der Waals surface area (Å²) >= 11 is 0. The molecule has 1 saturated heterocycles. The topological polar surface area (TPSA) is 51.4 Å². The van der Waals surface area contributed by atoms with Crippen molar-refractivity contribution in [3.8, 4) is 0 Å². The molecule has 0 aromatic carbocycles. The maximum absolute atomic E-state index is 5.71. The van der Waals surface area contributed by atoms with Crippen molar-refractivity contribution in [2.45, 2.75) is 25.5 Å². The van der Waals surface area contributed by atoms with E-state index in [1.807, 2.05) is 12.3 Å². The van der Waals surface area contributed by atoms with Crippen LogP contribution in [0.15, 0.2) is 18.5 Å². The first-order chi connectivity index (χ1) is 7.18. The molecule has 0 spiro atoms. The second kappa shape index (κ2) is 4.06. The van der Waals surface area contributed by atoms with Crippen molar-refractivity contribution in [2.75, 3.05) is 24.3 Å². The van der Waals surface area contributed by atoms with Crippen LogP contribution in [0.1, 0.15) is 13.3 Å². The zero-order valence-electron chi connectivity index (χ0n) is 9.18. The molecule has 0 radical (unpaired) electrons. The summed E-state index contributed by atoms with van der Waals surface area (Å²) in [5, 5.41) is 0. The second-order valence-corrected chi connectivity index (χ2v) is 4.02. The van der Waals surface area contributed by atoms with E-state index < -0.39 is 0 Å². The highest BCUT2D eigenvalue weighted by atomic mass is 16.5. The molecule has 0 bridgehead atoms. The number of hydrogen-bond acceptors (Lipinski definition) is 4. The molecule has 0 amide bonds. The highest BCUT2D eigenvalue weighted by molar-refractivity contribution is 5.53. The number of likely N-dealkylation sites (N-methyl/N-ethyl adjacent to an activating group) is 1. The van der Waals surface area contributed by atoms with E-state index in [2.05, 4.69) is 23.9 Å². The summed E-state index contributed by atoms with van der Waals surface area (Å²) < 4.78 is 5.54. The Labute approximate surface area is 90.0 Å². The zero-order valence-corrected chi connectivity index (χ0v) is 9.18. The molecule has 2 N–H and O–H groups in total. The van der Waals surface area contributed by atoms with Crippen molar-refractivity contribution in [1.29, 1.82) is 0 Å². The lowest BCUT2D eigenvalue weighted by Gasteiger charge is -2.28. The predicted molar refractivity (Wildman–Crippen MR) is 60.9 cm³/mol. The van der Waals surface area contributed by atoms with Gasteiger partial charge < -0.3 is 15.4 Å². The first-order valence-electron chi connectivity index (χ1n) is 5.23. The van der Waals surface area contributed by atoms with Crippen molar-refractivity contribution in [3.05, 3.63) is 18.5 Å². The highest BCUT2D eigenvalue weighted by Gasteiger charge is 2.28. The van der Waals surface area contributed by atoms with Gasteiger partial charge >= 0.3 is 0 Å². The van der Waals surface area contributed by atoms with Crippen LogP contribution >= 0.6 is 0 Å². The number of anilines is 2. The van der Waals surface area contributed by atoms with Gasteiger partial charge in [0.05, 0.1) is 29.7 Å². The Hall–Kier alpha value is -1.29. The quantitative estimate of drug-likeness (QED) is 0.793.